The maximum absolute atomic E-state index is 11.8. The van der Waals surface area contributed by atoms with Crippen molar-refractivity contribution in [3.63, 3.8) is 0 Å². The highest BCUT2D eigenvalue weighted by molar-refractivity contribution is 14.0. The third kappa shape index (κ3) is 6.61. The molecule has 0 radical (unpaired) electrons. The summed E-state index contributed by atoms with van der Waals surface area (Å²) in [6.45, 7) is 5.15. The third-order valence-corrected chi connectivity index (χ3v) is 4.99. The van der Waals surface area contributed by atoms with Crippen molar-refractivity contribution in [1.29, 1.82) is 0 Å². The van der Waals surface area contributed by atoms with Gasteiger partial charge in [-0.2, -0.15) is 0 Å². The number of likely N-dealkylation sites (N-methyl/N-ethyl adjacent to an activating group) is 1. The van der Waals surface area contributed by atoms with Crippen LogP contribution < -0.4 is 10.6 Å². The normalized spacial score (nSPS) is 16.3. The van der Waals surface area contributed by atoms with Crippen molar-refractivity contribution in [1.82, 2.24) is 15.5 Å². The van der Waals surface area contributed by atoms with Gasteiger partial charge in [0.25, 0.3) is 0 Å². The number of rotatable bonds is 7. The molecule has 0 aromatic heterocycles. The number of hydrogen-bond donors (Lipinski definition) is 2. The first-order valence-corrected chi connectivity index (χ1v) is 9.25. The second-order valence-electron chi connectivity index (χ2n) is 7.05. The molecule has 1 aliphatic rings. The molecule has 1 fully saturated rings. The van der Waals surface area contributed by atoms with Crippen LogP contribution in [0.2, 0.25) is 5.02 Å². The third-order valence-electron chi connectivity index (χ3n) is 4.75. The number of nitrogens with one attached hydrogen (secondary N) is 2. The number of hydrogen-bond acceptors (Lipinski definition) is 2. The van der Waals surface area contributed by atoms with E-state index < -0.39 is 0 Å². The van der Waals surface area contributed by atoms with Gasteiger partial charge in [-0.1, -0.05) is 30.7 Å². The lowest BCUT2D eigenvalue weighted by Gasteiger charge is -2.22. The average Bonchev–Trinajstić information content (AvgIpc) is 3.37. The number of carbonyl (C=O) groups is 1. The van der Waals surface area contributed by atoms with E-state index in [1.165, 1.54) is 5.56 Å². The molecule has 1 aromatic rings. The first kappa shape index (κ1) is 23.0. The highest BCUT2D eigenvalue weighted by atomic mass is 127. The van der Waals surface area contributed by atoms with Gasteiger partial charge in [-0.25, -0.2) is 4.99 Å². The Kier molecular flexibility index (Phi) is 9.16. The first-order chi connectivity index (χ1) is 11.9. The van der Waals surface area contributed by atoms with E-state index in [9.17, 15) is 4.79 Å². The Labute approximate surface area is 179 Å². The SMILES string of the molecule is CCC(C)NC(=NCC(=O)N(C)C)NCC1(c2cccc(Cl)c2)CC1.I. The molecule has 1 aliphatic carbocycles. The van der Waals surface area contributed by atoms with Gasteiger partial charge in [-0.15, -0.1) is 24.0 Å². The predicted octanol–water partition coefficient (Wildman–Crippen LogP) is 3.41. The monoisotopic (exact) mass is 492 g/mol. The maximum atomic E-state index is 11.8. The fourth-order valence-corrected chi connectivity index (χ4v) is 2.76. The van der Waals surface area contributed by atoms with Gasteiger partial charge in [0.05, 0.1) is 0 Å². The Morgan fingerprint density at radius 3 is 2.62 bits per heavy atom. The molecule has 2 rings (SSSR count). The van der Waals surface area contributed by atoms with Gasteiger partial charge in [0.1, 0.15) is 6.54 Å². The first-order valence-electron chi connectivity index (χ1n) is 8.87. The molecule has 0 bridgehead atoms. The fraction of sp³-hybridized carbons (Fsp3) is 0.579. The molecule has 0 aliphatic heterocycles. The van der Waals surface area contributed by atoms with Crippen molar-refractivity contribution in [3.8, 4) is 0 Å². The minimum absolute atomic E-state index is 0. The summed E-state index contributed by atoms with van der Waals surface area (Å²) >= 11 is 6.14. The van der Waals surface area contributed by atoms with E-state index in [4.69, 9.17) is 11.6 Å². The quantitative estimate of drug-likeness (QED) is 0.348. The molecule has 0 saturated heterocycles. The summed E-state index contributed by atoms with van der Waals surface area (Å²) in [6, 6.07) is 8.38. The molecule has 0 heterocycles. The molecule has 1 amide bonds. The van der Waals surface area contributed by atoms with E-state index in [0.29, 0.717) is 12.0 Å². The summed E-state index contributed by atoms with van der Waals surface area (Å²) < 4.78 is 0. The smallest absolute Gasteiger partial charge is 0.243 e. The van der Waals surface area contributed by atoms with Gasteiger partial charge in [0.15, 0.2) is 5.96 Å². The van der Waals surface area contributed by atoms with Gasteiger partial charge in [0.2, 0.25) is 5.91 Å². The van der Waals surface area contributed by atoms with E-state index in [0.717, 1.165) is 30.8 Å². The summed E-state index contributed by atoms with van der Waals surface area (Å²) in [5.74, 6) is 0.680. The van der Waals surface area contributed by atoms with Crippen LogP contribution in [0.4, 0.5) is 0 Å². The van der Waals surface area contributed by atoms with Gasteiger partial charge in [0, 0.05) is 37.1 Å². The number of carbonyl (C=O) groups excluding carboxylic acids is 1. The van der Waals surface area contributed by atoms with Crippen molar-refractivity contribution in [3.05, 3.63) is 34.9 Å². The summed E-state index contributed by atoms with van der Waals surface area (Å²) in [7, 11) is 3.48. The average molecular weight is 493 g/mol. The fourth-order valence-electron chi connectivity index (χ4n) is 2.57. The van der Waals surface area contributed by atoms with Crippen molar-refractivity contribution >= 4 is 47.4 Å². The largest absolute Gasteiger partial charge is 0.355 e. The molecule has 0 spiro atoms. The Balaban J connectivity index is 0.00000338. The van der Waals surface area contributed by atoms with Crippen LogP contribution in [0.15, 0.2) is 29.3 Å². The highest BCUT2D eigenvalue weighted by Gasteiger charge is 2.44. The number of nitrogens with zero attached hydrogens (tertiary/aromatic N) is 2. The van der Waals surface area contributed by atoms with Crippen LogP contribution in [0.3, 0.4) is 0 Å². The van der Waals surface area contributed by atoms with Gasteiger partial charge >= 0.3 is 0 Å². The molecule has 1 aromatic carbocycles. The zero-order valence-corrected chi connectivity index (χ0v) is 19.1. The second-order valence-corrected chi connectivity index (χ2v) is 7.49. The van der Waals surface area contributed by atoms with E-state index in [1.54, 1.807) is 19.0 Å². The lowest BCUT2D eigenvalue weighted by molar-refractivity contribution is -0.127. The Bertz CT molecular complexity index is 632. The Morgan fingerprint density at radius 2 is 2.08 bits per heavy atom. The van der Waals surface area contributed by atoms with Crippen LogP contribution in [0, 0.1) is 0 Å². The molecule has 146 valence electrons. The molecule has 1 unspecified atom stereocenters. The highest BCUT2D eigenvalue weighted by Crippen LogP contribution is 2.48. The van der Waals surface area contributed by atoms with E-state index in [1.807, 2.05) is 18.2 Å². The zero-order valence-electron chi connectivity index (χ0n) is 16.0. The van der Waals surface area contributed by atoms with Crippen LogP contribution in [-0.4, -0.2) is 50.0 Å². The summed E-state index contributed by atoms with van der Waals surface area (Å²) in [5.41, 5.74) is 1.38. The molecule has 5 nitrogen and oxygen atoms in total. The van der Waals surface area contributed by atoms with Crippen LogP contribution in [-0.2, 0) is 10.2 Å². The molecule has 1 saturated carbocycles. The molecule has 26 heavy (non-hydrogen) atoms. The number of benzene rings is 1. The molecule has 7 heteroatoms. The summed E-state index contributed by atoms with van der Waals surface area (Å²) in [4.78, 5) is 17.8. The predicted molar refractivity (Wildman–Crippen MR) is 120 cm³/mol. The molecule has 1 atom stereocenters. The van der Waals surface area contributed by atoms with Crippen LogP contribution >= 0.6 is 35.6 Å². The van der Waals surface area contributed by atoms with Crippen molar-refractivity contribution in [2.45, 2.75) is 44.6 Å². The van der Waals surface area contributed by atoms with Crippen LogP contribution in [0.1, 0.15) is 38.7 Å². The number of guanidine groups is 1. The number of halogens is 2. The Hall–Kier alpha value is -1.02. The van der Waals surface area contributed by atoms with E-state index in [-0.39, 0.29) is 41.8 Å². The summed E-state index contributed by atoms with van der Waals surface area (Å²) in [5, 5.41) is 7.56. The van der Waals surface area contributed by atoms with Crippen molar-refractivity contribution < 1.29 is 4.79 Å². The maximum Gasteiger partial charge on any atom is 0.243 e. The van der Waals surface area contributed by atoms with E-state index in [2.05, 4.69) is 35.5 Å². The van der Waals surface area contributed by atoms with Crippen LogP contribution in [0.5, 0.6) is 0 Å². The Morgan fingerprint density at radius 1 is 1.38 bits per heavy atom. The topological polar surface area (TPSA) is 56.7 Å². The van der Waals surface area contributed by atoms with Crippen molar-refractivity contribution in [2.75, 3.05) is 27.2 Å². The van der Waals surface area contributed by atoms with Gasteiger partial charge in [-0.3, -0.25) is 4.79 Å². The zero-order chi connectivity index (χ0) is 18.4. The minimum Gasteiger partial charge on any atom is -0.355 e. The molecule has 2 N–H and O–H groups in total. The number of amides is 1. The van der Waals surface area contributed by atoms with E-state index >= 15 is 0 Å². The second kappa shape index (κ2) is 10.3. The number of aliphatic imine (C=N–C) groups is 1. The van der Waals surface area contributed by atoms with Crippen molar-refractivity contribution in [2.24, 2.45) is 4.99 Å². The molecular weight excluding hydrogens is 463 g/mol. The lowest BCUT2D eigenvalue weighted by atomic mass is 9.96. The summed E-state index contributed by atoms with van der Waals surface area (Å²) in [6.07, 6.45) is 3.25. The minimum atomic E-state index is -0.0128. The lowest BCUT2D eigenvalue weighted by Crippen LogP contribution is -2.45. The van der Waals surface area contributed by atoms with Crippen LogP contribution in [0.25, 0.3) is 0 Å². The van der Waals surface area contributed by atoms with Gasteiger partial charge < -0.3 is 15.5 Å². The standard InChI is InChI=1S/C19H29ClN4O.HI/c1-5-14(2)23-18(21-12-17(25)24(3)4)22-13-19(9-10-19)15-7-6-8-16(20)11-15;/h6-8,11,14H,5,9-10,12-13H2,1-4H3,(H2,21,22,23);1H. The molecular formula is C19H30ClIN4O. The van der Waals surface area contributed by atoms with Gasteiger partial charge in [-0.05, 0) is 43.9 Å².